The van der Waals surface area contributed by atoms with E-state index in [0.29, 0.717) is 11.7 Å². The summed E-state index contributed by atoms with van der Waals surface area (Å²) < 4.78 is 19.5. The Balaban J connectivity index is 0.00000242. The number of hydrogen-bond acceptors (Lipinski definition) is 3. The SMILES string of the molecule is CNCCC(Oc1cc(Cl)c(F)cc1C#N)C1CCCC1.Cl. The van der Waals surface area contributed by atoms with Gasteiger partial charge in [0.25, 0.3) is 0 Å². The lowest BCUT2D eigenvalue weighted by Crippen LogP contribution is -2.29. The monoisotopic (exact) mass is 346 g/mol. The van der Waals surface area contributed by atoms with Crippen LogP contribution in [0.2, 0.25) is 5.02 Å². The molecule has 6 heteroatoms. The van der Waals surface area contributed by atoms with E-state index in [0.717, 1.165) is 31.9 Å². The predicted molar refractivity (Wildman–Crippen MR) is 88.3 cm³/mol. The van der Waals surface area contributed by atoms with Gasteiger partial charge in [0, 0.05) is 6.07 Å². The van der Waals surface area contributed by atoms with Gasteiger partial charge in [-0.1, -0.05) is 24.4 Å². The van der Waals surface area contributed by atoms with Crippen LogP contribution >= 0.6 is 24.0 Å². The van der Waals surface area contributed by atoms with Crippen molar-refractivity contribution in [3.8, 4) is 11.8 Å². The molecule has 2 rings (SSSR count). The number of ether oxygens (including phenoxy) is 1. The molecule has 0 aliphatic heterocycles. The van der Waals surface area contributed by atoms with Crippen molar-refractivity contribution in [2.45, 2.75) is 38.2 Å². The first kappa shape index (κ1) is 19.0. The Bertz CT molecular complexity index is 528. The van der Waals surface area contributed by atoms with Crippen LogP contribution in [0.4, 0.5) is 4.39 Å². The second-order valence-corrected chi connectivity index (χ2v) is 5.87. The summed E-state index contributed by atoms with van der Waals surface area (Å²) in [7, 11) is 1.90. The van der Waals surface area contributed by atoms with Gasteiger partial charge in [-0.15, -0.1) is 12.4 Å². The Labute approximate surface area is 142 Å². The van der Waals surface area contributed by atoms with E-state index in [2.05, 4.69) is 5.32 Å². The summed E-state index contributed by atoms with van der Waals surface area (Å²) >= 11 is 5.81. The van der Waals surface area contributed by atoms with Gasteiger partial charge in [-0.05, 0) is 44.8 Å². The second-order valence-electron chi connectivity index (χ2n) is 5.47. The molecule has 3 nitrogen and oxygen atoms in total. The number of halogens is 3. The van der Waals surface area contributed by atoms with Crippen LogP contribution in [0.3, 0.4) is 0 Å². The number of nitriles is 1. The van der Waals surface area contributed by atoms with Gasteiger partial charge in [0.1, 0.15) is 23.7 Å². The third-order valence-corrected chi connectivity index (χ3v) is 4.32. The Morgan fingerprint density at radius 2 is 2.14 bits per heavy atom. The Hall–Kier alpha value is -1.02. The molecule has 22 heavy (non-hydrogen) atoms. The minimum absolute atomic E-state index is 0. The highest BCUT2D eigenvalue weighted by Crippen LogP contribution is 2.34. The first-order chi connectivity index (χ1) is 10.2. The van der Waals surface area contributed by atoms with Gasteiger partial charge in [-0.25, -0.2) is 4.39 Å². The molecule has 1 aliphatic carbocycles. The molecule has 1 fully saturated rings. The normalized spacial score (nSPS) is 15.9. The van der Waals surface area contributed by atoms with E-state index < -0.39 is 5.82 Å². The lowest BCUT2D eigenvalue weighted by Gasteiger charge is -2.25. The summed E-state index contributed by atoms with van der Waals surface area (Å²) in [5.41, 5.74) is 0.198. The zero-order valence-corrected chi connectivity index (χ0v) is 14.1. The van der Waals surface area contributed by atoms with Gasteiger partial charge in [-0.2, -0.15) is 5.26 Å². The summed E-state index contributed by atoms with van der Waals surface area (Å²) in [6.45, 7) is 0.845. The van der Waals surface area contributed by atoms with E-state index in [1.165, 1.54) is 18.9 Å². The number of rotatable bonds is 6. The fourth-order valence-corrected chi connectivity index (χ4v) is 3.04. The molecule has 0 radical (unpaired) electrons. The summed E-state index contributed by atoms with van der Waals surface area (Å²) in [6.07, 6.45) is 5.63. The molecule has 122 valence electrons. The van der Waals surface area contributed by atoms with Crippen molar-refractivity contribution in [3.63, 3.8) is 0 Å². The highest BCUT2D eigenvalue weighted by Gasteiger charge is 2.27. The van der Waals surface area contributed by atoms with E-state index >= 15 is 0 Å². The quantitative estimate of drug-likeness (QED) is 0.834. The van der Waals surface area contributed by atoms with Gasteiger partial charge in [0.05, 0.1) is 10.6 Å². The van der Waals surface area contributed by atoms with E-state index in [-0.39, 0.29) is 29.1 Å². The minimum Gasteiger partial charge on any atom is -0.489 e. The van der Waals surface area contributed by atoms with Crippen molar-refractivity contribution in [1.29, 1.82) is 5.26 Å². The average molecular weight is 347 g/mol. The molecule has 1 aromatic carbocycles. The summed E-state index contributed by atoms with van der Waals surface area (Å²) in [4.78, 5) is 0. The Morgan fingerprint density at radius 3 is 2.73 bits per heavy atom. The zero-order chi connectivity index (χ0) is 15.2. The van der Waals surface area contributed by atoms with Crippen molar-refractivity contribution in [3.05, 3.63) is 28.5 Å². The van der Waals surface area contributed by atoms with E-state index in [9.17, 15) is 4.39 Å². The highest BCUT2D eigenvalue weighted by atomic mass is 35.5. The van der Waals surface area contributed by atoms with Crippen LogP contribution in [0.1, 0.15) is 37.7 Å². The maximum atomic E-state index is 13.4. The van der Waals surface area contributed by atoms with Crippen LogP contribution in [0.25, 0.3) is 0 Å². The average Bonchev–Trinajstić information content (AvgIpc) is 3.00. The number of nitrogens with zero attached hydrogens (tertiary/aromatic N) is 1. The molecule has 0 heterocycles. The zero-order valence-electron chi connectivity index (χ0n) is 12.6. The van der Waals surface area contributed by atoms with Crippen LogP contribution in [0, 0.1) is 23.1 Å². The largest absolute Gasteiger partial charge is 0.489 e. The molecule has 1 atom stereocenters. The summed E-state index contributed by atoms with van der Waals surface area (Å²) in [5.74, 6) is 0.291. The van der Waals surface area contributed by atoms with Gasteiger partial charge in [0.2, 0.25) is 0 Å². The van der Waals surface area contributed by atoms with Gasteiger partial charge in [-0.3, -0.25) is 0 Å². The summed E-state index contributed by atoms with van der Waals surface area (Å²) in [5, 5.41) is 12.3. The molecule has 0 saturated heterocycles. The fourth-order valence-electron chi connectivity index (χ4n) is 2.88. The third kappa shape index (κ3) is 4.74. The van der Waals surface area contributed by atoms with Crippen LogP contribution < -0.4 is 10.1 Å². The van der Waals surface area contributed by atoms with Gasteiger partial charge >= 0.3 is 0 Å². The molecule has 0 spiro atoms. The Morgan fingerprint density at radius 1 is 1.45 bits per heavy atom. The lowest BCUT2D eigenvalue weighted by atomic mass is 9.98. The Kier molecular flexibility index (Phi) is 7.95. The van der Waals surface area contributed by atoms with E-state index in [1.54, 1.807) is 0 Å². The first-order valence-electron chi connectivity index (χ1n) is 7.36. The van der Waals surface area contributed by atoms with Crippen LogP contribution in [-0.2, 0) is 0 Å². The molecule has 1 aromatic rings. The van der Waals surface area contributed by atoms with E-state index in [1.807, 2.05) is 13.1 Å². The van der Waals surface area contributed by atoms with Crippen molar-refractivity contribution >= 4 is 24.0 Å². The fraction of sp³-hybridized carbons (Fsp3) is 0.562. The molecular formula is C16H21Cl2FN2O. The van der Waals surface area contributed by atoms with Crippen molar-refractivity contribution in [2.24, 2.45) is 5.92 Å². The molecular weight excluding hydrogens is 326 g/mol. The van der Waals surface area contributed by atoms with Crippen LogP contribution in [0.5, 0.6) is 5.75 Å². The minimum atomic E-state index is -0.590. The lowest BCUT2D eigenvalue weighted by molar-refractivity contribution is 0.127. The third-order valence-electron chi connectivity index (χ3n) is 4.03. The molecule has 0 aromatic heterocycles. The smallest absolute Gasteiger partial charge is 0.143 e. The van der Waals surface area contributed by atoms with Gasteiger partial charge < -0.3 is 10.1 Å². The molecule has 0 bridgehead atoms. The molecule has 1 saturated carbocycles. The molecule has 1 N–H and O–H groups in total. The predicted octanol–water partition coefficient (Wildman–Crippen LogP) is 4.32. The topological polar surface area (TPSA) is 45.0 Å². The second kappa shape index (κ2) is 9.19. The number of nitrogens with one attached hydrogen (secondary N) is 1. The molecule has 0 amide bonds. The standard InChI is InChI=1S/C16H20ClFN2O.ClH/c1-20-7-6-15(11-4-2-3-5-11)21-16-9-13(17)14(18)8-12(16)10-19;/h8-9,11,15,20H,2-7H2,1H3;1H. The van der Waals surface area contributed by atoms with Crippen LogP contribution in [0.15, 0.2) is 12.1 Å². The van der Waals surface area contributed by atoms with E-state index in [4.69, 9.17) is 21.6 Å². The first-order valence-corrected chi connectivity index (χ1v) is 7.74. The maximum Gasteiger partial charge on any atom is 0.143 e. The molecule has 1 aliphatic rings. The number of hydrogen-bond donors (Lipinski definition) is 1. The van der Waals surface area contributed by atoms with Gasteiger partial charge in [0.15, 0.2) is 0 Å². The summed E-state index contributed by atoms with van der Waals surface area (Å²) in [6, 6.07) is 4.53. The van der Waals surface area contributed by atoms with Crippen molar-refractivity contribution < 1.29 is 9.13 Å². The molecule has 1 unspecified atom stereocenters. The number of benzene rings is 1. The maximum absolute atomic E-state index is 13.4. The highest BCUT2D eigenvalue weighted by molar-refractivity contribution is 6.30. The van der Waals surface area contributed by atoms with Crippen molar-refractivity contribution in [2.75, 3.05) is 13.6 Å². The van der Waals surface area contributed by atoms with Crippen molar-refractivity contribution in [1.82, 2.24) is 5.32 Å². The van der Waals surface area contributed by atoms with Crippen LogP contribution in [-0.4, -0.2) is 19.7 Å².